The van der Waals surface area contributed by atoms with Crippen LogP contribution in [0.2, 0.25) is 0 Å². The fourth-order valence-corrected chi connectivity index (χ4v) is 1.88. The van der Waals surface area contributed by atoms with Crippen molar-refractivity contribution in [1.82, 2.24) is 0 Å². The van der Waals surface area contributed by atoms with Gasteiger partial charge in [0.2, 0.25) is 0 Å². The first-order chi connectivity index (χ1) is 7.15. The van der Waals surface area contributed by atoms with Crippen molar-refractivity contribution in [1.29, 1.82) is 0 Å². The third-order valence-electron chi connectivity index (χ3n) is 2.15. The molecule has 0 spiro atoms. The number of hydrogen-bond acceptors (Lipinski definition) is 3. The number of nitro benzene ring substituents is 1. The van der Waals surface area contributed by atoms with Gasteiger partial charge in [-0.05, 0) is 31.4 Å². The van der Waals surface area contributed by atoms with E-state index < -0.39 is 4.92 Å². The lowest BCUT2D eigenvalue weighted by Gasteiger charge is -2.03. The number of nitrogens with zero attached hydrogens (tertiary/aromatic N) is 1. The lowest BCUT2D eigenvalue weighted by molar-refractivity contribution is -0.384. The zero-order valence-electron chi connectivity index (χ0n) is 8.28. The zero-order valence-corrected chi connectivity index (χ0v) is 9.87. The SMILES string of the molecule is NCCCCc1ccc([N+](=O)[O-])cc1Br. The summed E-state index contributed by atoms with van der Waals surface area (Å²) >= 11 is 3.33. The van der Waals surface area contributed by atoms with Gasteiger partial charge in [-0.3, -0.25) is 10.1 Å². The van der Waals surface area contributed by atoms with Gasteiger partial charge in [-0.25, -0.2) is 0 Å². The summed E-state index contributed by atoms with van der Waals surface area (Å²) in [5.41, 5.74) is 6.60. The van der Waals surface area contributed by atoms with Gasteiger partial charge >= 0.3 is 0 Å². The number of nitro groups is 1. The molecule has 0 saturated heterocycles. The average molecular weight is 273 g/mol. The van der Waals surface area contributed by atoms with E-state index in [1.807, 2.05) is 0 Å². The van der Waals surface area contributed by atoms with Gasteiger partial charge in [-0.2, -0.15) is 0 Å². The quantitative estimate of drug-likeness (QED) is 0.509. The second-order valence-electron chi connectivity index (χ2n) is 3.28. The molecule has 0 radical (unpaired) electrons. The summed E-state index contributed by atoms with van der Waals surface area (Å²) in [7, 11) is 0. The summed E-state index contributed by atoms with van der Waals surface area (Å²) in [5, 5.41) is 10.5. The Bertz CT molecular complexity index is 355. The van der Waals surface area contributed by atoms with E-state index in [-0.39, 0.29) is 5.69 Å². The molecule has 0 aliphatic carbocycles. The molecule has 0 amide bonds. The largest absolute Gasteiger partial charge is 0.330 e. The fourth-order valence-electron chi connectivity index (χ4n) is 1.31. The number of hydrogen-bond donors (Lipinski definition) is 1. The zero-order chi connectivity index (χ0) is 11.3. The minimum atomic E-state index is -0.394. The third-order valence-corrected chi connectivity index (χ3v) is 2.89. The molecule has 0 heterocycles. The maximum Gasteiger partial charge on any atom is 0.270 e. The lowest BCUT2D eigenvalue weighted by Crippen LogP contribution is -1.99. The van der Waals surface area contributed by atoms with Crippen molar-refractivity contribution >= 4 is 21.6 Å². The molecule has 0 aliphatic heterocycles. The van der Waals surface area contributed by atoms with Crippen molar-refractivity contribution in [2.75, 3.05) is 6.54 Å². The van der Waals surface area contributed by atoms with Crippen LogP contribution in [-0.2, 0) is 6.42 Å². The van der Waals surface area contributed by atoms with Crippen molar-refractivity contribution < 1.29 is 4.92 Å². The molecule has 82 valence electrons. The highest BCUT2D eigenvalue weighted by Crippen LogP contribution is 2.24. The Morgan fingerprint density at radius 3 is 2.67 bits per heavy atom. The molecule has 2 N–H and O–H groups in total. The first kappa shape index (κ1) is 12.1. The molecule has 0 saturated carbocycles. The van der Waals surface area contributed by atoms with E-state index in [0.29, 0.717) is 6.54 Å². The Morgan fingerprint density at radius 1 is 1.40 bits per heavy atom. The Labute approximate surface area is 96.8 Å². The maximum atomic E-state index is 10.5. The van der Waals surface area contributed by atoms with E-state index in [4.69, 9.17) is 5.73 Å². The fraction of sp³-hybridized carbons (Fsp3) is 0.400. The van der Waals surface area contributed by atoms with Gasteiger partial charge in [0.1, 0.15) is 0 Å². The summed E-state index contributed by atoms with van der Waals surface area (Å²) in [5.74, 6) is 0. The molecule has 0 aromatic heterocycles. The van der Waals surface area contributed by atoms with Crippen molar-refractivity contribution in [2.45, 2.75) is 19.3 Å². The third kappa shape index (κ3) is 3.60. The minimum Gasteiger partial charge on any atom is -0.330 e. The number of aryl methyl sites for hydroxylation is 1. The molecule has 4 nitrogen and oxygen atoms in total. The van der Waals surface area contributed by atoms with E-state index in [1.54, 1.807) is 6.07 Å². The molecule has 1 aromatic rings. The Kier molecular flexibility index (Phi) is 4.71. The summed E-state index contributed by atoms with van der Waals surface area (Å²) in [6, 6.07) is 4.86. The van der Waals surface area contributed by atoms with Crippen molar-refractivity contribution in [3.63, 3.8) is 0 Å². The first-order valence-electron chi connectivity index (χ1n) is 4.78. The van der Waals surface area contributed by atoms with Crippen LogP contribution in [0.15, 0.2) is 22.7 Å². The second kappa shape index (κ2) is 5.82. The molecular formula is C10H13BrN2O2. The number of rotatable bonds is 5. The highest BCUT2D eigenvalue weighted by Gasteiger charge is 2.08. The standard InChI is InChI=1S/C10H13BrN2O2/c11-10-7-9(13(14)15)5-4-8(10)3-1-2-6-12/h4-5,7H,1-3,6,12H2. The van der Waals surface area contributed by atoms with Crippen LogP contribution < -0.4 is 5.73 Å². The normalized spacial score (nSPS) is 10.3. The minimum absolute atomic E-state index is 0.115. The monoisotopic (exact) mass is 272 g/mol. The van der Waals surface area contributed by atoms with E-state index >= 15 is 0 Å². The average Bonchev–Trinajstić information content (AvgIpc) is 2.20. The van der Waals surface area contributed by atoms with Crippen LogP contribution in [0, 0.1) is 10.1 Å². The van der Waals surface area contributed by atoms with Gasteiger partial charge in [0.15, 0.2) is 0 Å². The molecule has 0 bridgehead atoms. The van der Waals surface area contributed by atoms with Gasteiger partial charge in [0, 0.05) is 16.6 Å². The van der Waals surface area contributed by atoms with Crippen LogP contribution in [-0.4, -0.2) is 11.5 Å². The first-order valence-corrected chi connectivity index (χ1v) is 5.57. The van der Waals surface area contributed by atoms with Crippen molar-refractivity contribution in [3.05, 3.63) is 38.3 Å². The topological polar surface area (TPSA) is 69.2 Å². The number of non-ortho nitro benzene ring substituents is 1. The number of unbranched alkanes of at least 4 members (excludes halogenated alkanes) is 1. The van der Waals surface area contributed by atoms with E-state index in [0.717, 1.165) is 29.3 Å². The van der Waals surface area contributed by atoms with E-state index in [2.05, 4.69) is 15.9 Å². The summed E-state index contributed by atoms with van der Waals surface area (Å²) < 4.78 is 0.800. The van der Waals surface area contributed by atoms with Crippen molar-refractivity contribution in [2.24, 2.45) is 5.73 Å². The second-order valence-corrected chi connectivity index (χ2v) is 4.13. The molecule has 1 aromatic carbocycles. The Morgan fingerprint density at radius 2 is 2.13 bits per heavy atom. The highest BCUT2D eigenvalue weighted by atomic mass is 79.9. The smallest absolute Gasteiger partial charge is 0.270 e. The highest BCUT2D eigenvalue weighted by molar-refractivity contribution is 9.10. The van der Waals surface area contributed by atoms with Crippen LogP contribution in [0.25, 0.3) is 0 Å². The summed E-state index contributed by atoms with van der Waals surface area (Å²) in [6.45, 7) is 0.685. The molecule has 15 heavy (non-hydrogen) atoms. The van der Waals surface area contributed by atoms with E-state index in [9.17, 15) is 10.1 Å². The predicted octanol–water partition coefficient (Wildman–Crippen LogP) is 2.64. The predicted molar refractivity (Wildman–Crippen MR) is 62.8 cm³/mol. The molecule has 0 aliphatic rings. The van der Waals surface area contributed by atoms with Gasteiger partial charge in [-0.1, -0.05) is 22.0 Å². The van der Waals surface area contributed by atoms with Crippen LogP contribution in [0.3, 0.4) is 0 Å². The van der Waals surface area contributed by atoms with Crippen LogP contribution in [0.5, 0.6) is 0 Å². The molecule has 5 heteroatoms. The van der Waals surface area contributed by atoms with Crippen LogP contribution in [0.4, 0.5) is 5.69 Å². The summed E-state index contributed by atoms with van der Waals surface area (Å²) in [6.07, 6.45) is 2.88. The Hall–Kier alpha value is -0.940. The van der Waals surface area contributed by atoms with Gasteiger partial charge in [-0.15, -0.1) is 0 Å². The maximum absolute atomic E-state index is 10.5. The number of benzene rings is 1. The molecule has 0 fully saturated rings. The molecule has 1 rings (SSSR count). The van der Waals surface area contributed by atoms with Crippen LogP contribution >= 0.6 is 15.9 Å². The number of nitrogens with two attached hydrogens (primary N) is 1. The summed E-state index contributed by atoms with van der Waals surface area (Å²) in [4.78, 5) is 10.1. The van der Waals surface area contributed by atoms with Crippen LogP contribution in [0.1, 0.15) is 18.4 Å². The molecule has 0 atom stereocenters. The molecule has 0 unspecified atom stereocenters. The Balaban J connectivity index is 2.70. The van der Waals surface area contributed by atoms with E-state index in [1.165, 1.54) is 12.1 Å². The van der Waals surface area contributed by atoms with Gasteiger partial charge < -0.3 is 5.73 Å². The number of halogens is 1. The molecular weight excluding hydrogens is 260 g/mol. The lowest BCUT2D eigenvalue weighted by atomic mass is 10.1. The van der Waals surface area contributed by atoms with Gasteiger partial charge in [0.25, 0.3) is 5.69 Å². The van der Waals surface area contributed by atoms with Gasteiger partial charge in [0.05, 0.1) is 4.92 Å². The van der Waals surface area contributed by atoms with Crippen molar-refractivity contribution in [3.8, 4) is 0 Å².